The number of aromatic nitrogens is 1. The number of hydrogen-bond donors (Lipinski definition) is 4. The lowest BCUT2D eigenvalue weighted by Gasteiger charge is -2.20. The molecule has 0 saturated carbocycles. The third kappa shape index (κ3) is 5.95. The van der Waals surface area contributed by atoms with E-state index in [0.717, 1.165) is 0 Å². The van der Waals surface area contributed by atoms with E-state index in [1.807, 2.05) is 0 Å². The number of nitrogens with one attached hydrogen (secondary N) is 3. The number of carbonyl (C=O) groups is 3. The summed E-state index contributed by atoms with van der Waals surface area (Å²) in [6.07, 6.45) is -0.200. The Hall–Kier alpha value is -3.07. The number of hydrogen-bond acceptors (Lipinski definition) is 6. The summed E-state index contributed by atoms with van der Waals surface area (Å²) in [6, 6.07) is 3.35. The lowest BCUT2D eigenvalue weighted by Crippen LogP contribution is -2.47. The average Bonchev–Trinajstić information content (AvgIpc) is 3.08. The number of H-pyrrole nitrogens is 1. The number of benzene rings is 1. The van der Waals surface area contributed by atoms with Crippen LogP contribution >= 0.6 is 0 Å². The molecule has 0 aliphatic carbocycles. The van der Waals surface area contributed by atoms with Crippen LogP contribution in [0, 0.1) is 11.2 Å². The van der Waals surface area contributed by atoms with Crippen LogP contribution in [0.1, 0.15) is 32.3 Å². The molecule has 9 heteroatoms. The van der Waals surface area contributed by atoms with Crippen LogP contribution in [-0.2, 0) is 25.5 Å². The average molecular weight is 405 g/mol. The van der Waals surface area contributed by atoms with Gasteiger partial charge in [-0.05, 0) is 38.0 Å². The van der Waals surface area contributed by atoms with E-state index in [1.165, 1.54) is 12.3 Å². The number of ether oxygens (including phenoxy) is 1. The fraction of sp³-hybridized carbons (Fsp3) is 0.400. The van der Waals surface area contributed by atoms with Crippen LogP contribution in [0.15, 0.2) is 24.4 Å². The van der Waals surface area contributed by atoms with Gasteiger partial charge in [-0.15, -0.1) is 0 Å². The van der Waals surface area contributed by atoms with E-state index in [4.69, 9.17) is 10.1 Å². The zero-order chi connectivity index (χ0) is 21.6. The number of ketones is 1. The first-order chi connectivity index (χ1) is 13.7. The smallest absolute Gasteiger partial charge is 0.328 e. The second kappa shape index (κ2) is 9.92. The predicted octanol–water partition coefficient (Wildman–Crippen LogP) is 1.65. The van der Waals surface area contributed by atoms with Crippen LogP contribution in [0.2, 0.25) is 0 Å². The Labute approximate surface area is 166 Å². The van der Waals surface area contributed by atoms with E-state index >= 15 is 0 Å². The number of fused-ring (bicyclic) bond motifs is 1. The number of aliphatic hydroxyl groups is 1. The van der Waals surface area contributed by atoms with Crippen molar-refractivity contribution in [2.45, 2.75) is 51.4 Å². The van der Waals surface area contributed by atoms with E-state index in [-0.39, 0.29) is 24.6 Å². The number of rotatable bonds is 10. The normalized spacial score (nSPS) is 13.1. The second-order valence-corrected chi connectivity index (χ2v) is 6.89. The minimum atomic E-state index is -1.54. The fourth-order valence-electron chi connectivity index (χ4n) is 2.86. The number of carbonyl (C=O) groups excluding carboxylic acids is 3. The summed E-state index contributed by atoms with van der Waals surface area (Å²) >= 11 is 0. The number of aromatic amines is 1. The van der Waals surface area contributed by atoms with Crippen LogP contribution in [0.5, 0.6) is 0 Å². The van der Waals surface area contributed by atoms with Gasteiger partial charge in [-0.25, -0.2) is 9.18 Å². The Morgan fingerprint density at radius 1 is 1.34 bits per heavy atom. The van der Waals surface area contributed by atoms with Gasteiger partial charge in [-0.1, -0.05) is 6.07 Å². The molecule has 0 bridgehead atoms. The molecular weight excluding hydrogens is 381 g/mol. The number of Topliss-reactive ketones (excluding diaryl/α,β-unsaturated/α-hetero) is 1. The molecule has 8 nitrogen and oxygen atoms in total. The number of aliphatic hydroxyl groups excluding tert-OH is 1. The van der Waals surface area contributed by atoms with Crippen molar-refractivity contribution >= 4 is 34.8 Å². The highest BCUT2D eigenvalue weighted by atomic mass is 19.1. The Kier molecular flexibility index (Phi) is 7.60. The molecule has 4 N–H and O–H groups in total. The lowest BCUT2D eigenvalue weighted by molar-refractivity contribution is -0.152. The van der Waals surface area contributed by atoms with Crippen molar-refractivity contribution in [2.24, 2.45) is 0 Å². The van der Waals surface area contributed by atoms with Crippen LogP contribution in [0.3, 0.4) is 0 Å². The highest BCUT2D eigenvalue weighted by molar-refractivity contribution is 6.26. The molecule has 1 aromatic heterocycles. The first kappa shape index (κ1) is 22.2. The molecule has 156 valence electrons. The molecule has 0 spiro atoms. The van der Waals surface area contributed by atoms with Crippen LogP contribution in [0.25, 0.3) is 10.9 Å². The summed E-state index contributed by atoms with van der Waals surface area (Å²) in [4.78, 5) is 38.8. The first-order valence-electron chi connectivity index (χ1n) is 9.19. The van der Waals surface area contributed by atoms with Gasteiger partial charge in [0.2, 0.25) is 5.91 Å². The van der Waals surface area contributed by atoms with Gasteiger partial charge in [0.05, 0.1) is 12.3 Å². The topological polar surface area (TPSA) is 132 Å². The van der Waals surface area contributed by atoms with Crippen molar-refractivity contribution in [2.75, 3.05) is 0 Å². The molecule has 0 aliphatic heterocycles. The van der Waals surface area contributed by atoms with Crippen molar-refractivity contribution < 1.29 is 28.6 Å². The zero-order valence-corrected chi connectivity index (χ0v) is 16.2. The molecule has 2 atom stereocenters. The Morgan fingerprint density at radius 2 is 2.07 bits per heavy atom. The molecule has 2 aromatic rings. The molecule has 0 unspecified atom stereocenters. The van der Waals surface area contributed by atoms with Crippen molar-refractivity contribution in [3.63, 3.8) is 0 Å². The van der Waals surface area contributed by atoms with E-state index < -0.39 is 41.7 Å². The summed E-state index contributed by atoms with van der Waals surface area (Å²) in [5.41, 5.74) is 0.956. The Morgan fingerprint density at radius 3 is 2.72 bits per heavy atom. The van der Waals surface area contributed by atoms with Crippen LogP contribution in [-0.4, -0.2) is 52.2 Å². The van der Waals surface area contributed by atoms with Gasteiger partial charge in [-0.3, -0.25) is 9.59 Å². The van der Waals surface area contributed by atoms with E-state index in [1.54, 1.807) is 26.0 Å². The first-order valence-corrected chi connectivity index (χ1v) is 9.19. The van der Waals surface area contributed by atoms with Gasteiger partial charge in [0, 0.05) is 29.9 Å². The minimum absolute atomic E-state index is 0.0695. The van der Waals surface area contributed by atoms with Crippen LogP contribution < -0.4 is 5.32 Å². The molecular formula is C20H24FN3O5. The SMILES string of the molecule is CC(C)OC(=O)[C@H](CCC(=O)C=N)NC(=O)[C@@H](O)Cc1c[nH]c2cccc(F)c12. The van der Waals surface area contributed by atoms with Gasteiger partial charge in [-0.2, -0.15) is 0 Å². The molecule has 1 amide bonds. The maximum absolute atomic E-state index is 14.1. The van der Waals surface area contributed by atoms with Crippen molar-refractivity contribution in [3.8, 4) is 0 Å². The fourth-order valence-corrected chi connectivity index (χ4v) is 2.86. The lowest BCUT2D eigenvalue weighted by atomic mass is 10.0. The highest BCUT2D eigenvalue weighted by Gasteiger charge is 2.27. The maximum Gasteiger partial charge on any atom is 0.328 e. The summed E-state index contributed by atoms with van der Waals surface area (Å²) in [5.74, 6) is -2.56. The number of esters is 1. The quantitative estimate of drug-likeness (QED) is 0.352. The van der Waals surface area contributed by atoms with Gasteiger partial charge in [0.25, 0.3) is 0 Å². The zero-order valence-electron chi connectivity index (χ0n) is 16.2. The summed E-state index contributed by atoms with van der Waals surface area (Å²) in [6.45, 7) is 3.28. The molecule has 0 aliphatic rings. The Bertz CT molecular complexity index is 909. The largest absolute Gasteiger partial charge is 0.461 e. The van der Waals surface area contributed by atoms with Crippen molar-refractivity contribution in [3.05, 3.63) is 35.8 Å². The molecule has 0 fully saturated rings. The third-order valence-corrected chi connectivity index (χ3v) is 4.25. The maximum atomic E-state index is 14.1. The molecule has 0 saturated heterocycles. The van der Waals surface area contributed by atoms with Crippen molar-refractivity contribution in [1.82, 2.24) is 10.3 Å². The Balaban J connectivity index is 2.08. The van der Waals surface area contributed by atoms with Gasteiger partial charge in [0.1, 0.15) is 18.0 Å². The highest BCUT2D eigenvalue weighted by Crippen LogP contribution is 2.22. The standard InChI is InChI=1S/C20H24FN3O5/c1-11(2)29-20(28)16(7-6-13(25)9-22)24-19(27)17(26)8-12-10-23-15-5-3-4-14(21)18(12)15/h3-5,9-11,16-17,22-23,26H,6-8H2,1-2H3,(H,24,27)/t16-,17-/m0/s1. The third-order valence-electron chi connectivity index (χ3n) is 4.25. The molecule has 1 aromatic carbocycles. The molecule has 29 heavy (non-hydrogen) atoms. The summed E-state index contributed by atoms with van der Waals surface area (Å²) < 4.78 is 19.1. The van der Waals surface area contributed by atoms with E-state index in [0.29, 0.717) is 17.3 Å². The van der Waals surface area contributed by atoms with Gasteiger partial charge >= 0.3 is 5.97 Å². The van der Waals surface area contributed by atoms with E-state index in [2.05, 4.69) is 10.3 Å². The van der Waals surface area contributed by atoms with Gasteiger partial charge < -0.3 is 25.6 Å². The van der Waals surface area contributed by atoms with E-state index in [9.17, 15) is 23.9 Å². The predicted molar refractivity (Wildman–Crippen MR) is 104 cm³/mol. The summed E-state index contributed by atoms with van der Waals surface area (Å²) in [7, 11) is 0. The monoisotopic (exact) mass is 405 g/mol. The van der Waals surface area contributed by atoms with Gasteiger partial charge in [0.15, 0.2) is 5.78 Å². The minimum Gasteiger partial charge on any atom is -0.461 e. The van der Waals surface area contributed by atoms with Crippen LogP contribution in [0.4, 0.5) is 4.39 Å². The van der Waals surface area contributed by atoms with Crippen molar-refractivity contribution in [1.29, 1.82) is 5.41 Å². The second-order valence-electron chi connectivity index (χ2n) is 6.89. The molecule has 2 rings (SSSR count). The summed E-state index contributed by atoms with van der Waals surface area (Å²) in [5, 5.41) is 19.9. The number of amides is 1. The molecule has 1 heterocycles. The number of halogens is 1. The molecule has 0 radical (unpaired) electrons.